The summed E-state index contributed by atoms with van der Waals surface area (Å²) in [6, 6.07) is 33.2. The Balaban J connectivity index is 1.61. The first-order valence-corrected chi connectivity index (χ1v) is 11.6. The van der Waals surface area contributed by atoms with Gasteiger partial charge in [0.1, 0.15) is 0 Å². The summed E-state index contributed by atoms with van der Waals surface area (Å²) in [6.45, 7) is 0. The van der Waals surface area contributed by atoms with Crippen LogP contribution in [-0.4, -0.2) is 4.98 Å². The third-order valence-corrected chi connectivity index (χ3v) is 6.59. The molecule has 6 rings (SSSR count). The Morgan fingerprint density at radius 3 is 2.33 bits per heavy atom. The van der Waals surface area contributed by atoms with Gasteiger partial charge in [-0.15, -0.1) is 0 Å². The van der Waals surface area contributed by atoms with Crippen LogP contribution >= 0.6 is 0 Å². The minimum atomic E-state index is 0.912. The molecule has 1 nitrogen and oxygen atoms in total. The molecule has 0 spiro atoms. The highest BCUT2D eigenvalue weighted by Crippen LogP contribution is 2.39. The van der Waals surface area contributed by atoms with Crippen molar-refractivity contribution in [3.63, 3.8) is 0 Å². The van der Waals surface area contributed by atoms with Gasteiger partial charge in [0, 0.05) is 12.4 Å². The molecule has 1 aliphatic carbocycles. The van der Waals surface area contributed by atoms with Crippen LogP contribution in [0.4, 0.5) is 0 Å². The van der Waals surface area contributed by atoms with E-state index in [-0.39, 0.29) is 0 Å². The molecule has 0 bridgehead atoms. The van der Waals surface area contributed by atoms with Gasteiger partial charge in [-0.3, -0.25) is 4.98 Å². The van der Waals surface area contributed by atoms with E-state index in [1.54, 1.807) is 0 Å². The summed E-state index contributed by atoms with van der Waals surface area (Å²) < 4.78 is 0. The number of aryl methyl sites for hydroxylation is 1. The van der Waals surface area contributed by atoms with Gasteiger partial charge in [0.05, 0.1) is 0 Å². The molecule has 0 amide bonds. The molecule has 1 aromatic heterocycles. The topological polar surface area (TPSA) is 12.9 Å². The lowest BCUT2D eigenvalue weighted by molar-refractivity contribution is 0.989. The lowest BCUT2D eigenvalue weighted by Crippen LogP contribution is -1.99. The molecule has 0 aliphatic heterocycles. The smallest absolute Gasteiger partial charge is 0.0273 e. The molecule has 0 fully saturated rings. The Labute approximate surface area is 195 Å². The first-order chi connectivity index (χ1) is 16.3. The summed E-state index contributed by atoms with van der Waals surface area (Å²) in [5, 5.41) is 2.64. The fourth-order valence-corrected chi connectivity index (χ4v) is 5.05. The van der Waals surface area contributed by atoms with Crippen LogP contribution in [0, 0.1) is 0 Å². The molecule has 1 aliphatic rings. The van der Waals surface area contributed by atoms with Gasteiger partial charge in [-0.1, -0.05) is 84.9 Å². The van der Waals surface area contributed by atoms with Crippen LogP contribution in [0.25, 0.3) is 39.1 Å². The molecule has 0 radical (unpaired) electrons. The Morgan fingerprint density at radius 2 is 1.45 bits per heavy atom. The molecule has 0 saturated heterocycles. The van der Waals surface area contributed by atoms with Crippen molar-refractivity contribution in [2.24, 2.45) is 0 Å². The molecule has 1 heterocycles. The SMILES string of the molecule is C1=Cc2c(cc3ccccc3c2-c2cc(Cc3ccccc3)cc(-c3ccncc3)c2)CC1. The van der Waals surface area contributed by atoms with Crippen LogP contribution in [-0.2, 0) is 12.8 Å². The quantitative estimate of drug-likeness (QED) is 0.284. The van der Waals surface area contributed by atoms with Crippen LogP contribution in [0.1, 0.15) is 28.7 Å². The average molecular weight is 424 g/mol. The van der Waals surface area contributed by atoms with Crippen LogP contribution in [0.3, 0.4) is 0 Å². The molecule has 0 N–H and O–H groups in total. The Morgan fingerprint density at radius 1 is 0.667 bits per heavy atom. The van der Waals surface area contributed by atoms with E-state index < -0.39 is 0 Å². The number of nitrogens with zero attached hydrogens (tertiary/aromatic N) is 1. The fourth-order valence-electron chi connectivity index (χ4n) is 5.05. The number of benzene rings is 4. The summed E-state index contributed by atoms with van der Waals surface area (Å²) in [4.78, 5) is 4.23. The molecule has 4 aromatic carbocycles. The standard InChI is InChI=1S/C32H25N/c1-2-8-23(9-3-1)18-24-19-28(25-14-16-33-17-15-25)22-29(20-24)32-30-12-6-4-10-26(30)21-27-11-5-7-13-31(27)32/h1-4,6-10,12-17,19-22H,5,11,18H2. The van der Waals surface area contributed by atoms with Crippen molar-refractivity contribution in [3.05, 3.63) is 132 Å². The van der Waals surface area contributed by atoms with Gasteiger partial charge in [0.2, 0.25) is 0 Å². The van der Waals surface area contributed by atoms with Crippen molar-refractivity contribution in [2.45, 2.75) is 19.3 Å². The number of allylic oxidation sites excluding steroid dienone is 1. The molecular formula is C32H25N. The highest BCUT2D eigenvalue weighted by Gasteiger charge is 2.17. The van der Waals surface area contributed by atoms with Crippen molar-refractivity contribution >= 4 is 16.8 Å². The Kier molecular flexibility index (Phi) is 5.08. The van der Waals surface area contributed by atoms with Gasteiger partial charge < -0.3 is 0 Å². The molecule has 0 atom stereocenters. The average Bonchev–Trinajstić information content (AvgIpc) is 2.88. The van der Waals surface area contributed by atoms with E-state index in [0.29, 0.717) is 0 Å². The van der Waals surface area contributed by atoms with Gasteiger partial charge in [-0.25, -0.2) is 0 Å². The van der Waals surface area contributed by atoms with E-state index in [0.717, 1.165) is 19.3 Å². The Bertz CT molecular complexity index is 1460. The van der Waals surface area contributed by atoms with E-state index in [1.807, 2.05) is 12.4 Å². The van der Waals surface area contributed by atoms with E-state index in [4.69, 9.17) is 0 Å². The highest BCUT2D eigenvalue weighted by molar-refractivity contribution is 6.02. The largest absolute Gasteiger partial charge is 0.265 e. The van der Waals surface area contributed by atoms with Gasteiger partial charge >= 0.3 is 0 Å². The summed E-state index contributed by atoms with van der Waals surface area (Å²) in [5.74, 6) is 0. The summed E-state index contributed by atoms with van der Waals surface area (Å²) in [5.41, 5.74) is 10.6. The second kappa shape index (κ2) is 8.52. The zero-order valence-corrected chi connectivity index (χ0v) is 18.5. The number of hydrogen-bond donors (Lipinski definition) is 0. The number of aromatic nitrogens is 1. The maximum absolute atomic E-state index is 4.23. The van der Waals surface area contributed by atoms with Crippen LogP contribution in [0.2, 0.25) is 0 Å². The van der Waals surface area contributed by atoms with Gasteiger partial charge in [0.25, 0.3) is 0 Å². The molecule has 5 aromatic rings. The predicted octanol–water partition coefficient (Wildman–Crippen LogP) is 8.12. The molecule has 1 heteroatoms. The van der Waals surface area contributed by atoms with Crippen molar-refractivity contribution in [1.82, 2.24) is 4.98 Å². The van der Waals surface area contributed by atoms with Gasteiger partial charge in [0.15, 0.2) is 0 Å². The third kappa shape index (κ3) is 3.87. The second-order valence-corrected chi connectivity index (χ2v) is 8.80. The predicted molar refractivity (Wildman–Crippen MR) is 139 cm³/mol. The monoisotopic (exact) mass is 423 g/mol. The molecule has 33 heavy (non-hydrogen) atoms. The lowest BCUT2D eigenvalue weighted by atomic mass is 9.84. The summed E-state index contributed by atoms with van der Waals surface area (Å²) in [6.07, 6.45) is 11.5. The number of fused-ring (bicyclic) bond motifs is 2. The first kappa shape index (κ1) is 19.7. The summed E-state index contributed by atoms with van der Waals surface area (Å²) in [7, 11) is 0. The fraction of sp³-hybridized carbons (Fsp3) is 0.0938. The van der Waals surface area contributed by atoms with Crippen molar-refractivity contribution in [2.75, 3.05) is 0 Å². The summed E-state index contributed by atoms with van der Waals surface area (Å²) >= 11 is 0. The maximum Gasteiger partial charge on any atom is 0.0273 e. The van der Waals surface area contributed by atoms with Crippen LogP contribution < -0.4 is 0 Å². The van der Waals surface area contributed by atoms with Crippen LogP contribution in [0.15, 0.2) is 109 Å². The van der Waals surface area contributed by atoms with Crippen molar-refractivity contribution < 1.29 is 0 Å². The maximum atomic E-state index is 4.23. The van der Waals surface area contributed by atoms with Gasteiger partial charge in [-0.05, 0) is 92.7 Å². The zero-order chi connectivity index (χ0) is 22.0. The van der Waals surface area contributed by atoms with Crippen molar-refractivity contribution in [1.29, 1.82) is 0 Å². The number of pyridine rings is 1. The van der Waals surface area contributed by atoms with Crippen LogP contribution in [0.5, 0.6) is 0 Å². The first-order valence-electron chi connectivity index (χ1n) is 11.6. The highest BCUT2D eigenvalue weighted by atomic mass is 14.6. The Hall–Kier alpha value is -3.97. The van der Waals surface area contributed by atoms with E-state index in [1.165, 1.54) is 55.3 Å². The second-order valence-electron chi connectivity index (χ2n) is 8.80. The van der Waals surface area contributed by atoms with E-state index >= 15 is 0 Å². The minimum absolute atomic E-state index is 0.912. The van der Waals surface area contributed by atoms with E-state index in [2.05, 4.69) is 108 Å². The molecular weight excluding hydrogens is 398 g/mol. The van der Waals surface area contributed by atoms with Crippen molar-refractivity contribution in [3.8, 4) is 22.3 Å². The minimum Gasteiger partial charge on any atom is -0.265 e. The molecule has 158 valence electrons. The van der Waals surface area contributed by atoms with E-state index in [9.17, 15) is 0 Å². The number of hydrogen-bond acceptors (Lipinski definition) is 1. The third-order valence-electron chi connectivity index (χ3n) is 6.59. The lowest BCUT2D eigenvalue weighted by Gasteiger charge is -2.20. The van der Waals surface area contributed by atoms with Gasteiger partial charge in [-0.2, -0.15) is 0 Å². The number of rotatable bonds is 4. The molecule has 0 unspecified atom stereocenters. The normalized spacial score (nSPS) is 12.6. The molecule has 0 saturated carbocycles. The zero-order valence-electron chi connectivity index (χ0n) is 18.5.